The van der Waals surface area contributed by atoms with Crippen molar-refractivity contribution in [2.24, 2.45) is 5.41 Å². The van der Waals surface area contributed by atoms with Gasteiger partial charge in [-0.05, 0) is 18.8 Å². The van der Waals surface area contributed by atoms with Crippen molar-refractivity contribution in [1.82, 2.24) is 5.32 Å². The lowest BCUT2D eigenvalue weighted by Gasteiger charge is -2.29. The van der Waals surface area contributed by atoms with E-state index in [1.165, 1.54) is 0 Å². The molecule has 0 aliphatic rings. The highest BCUT2D eigenvalue weighted by molar-refractivity contribution is 4.82. The summed E-state index contributed by atoms with van der Waals surface area (Å²) in [6, 6.07) is 0.0949. The molecule has 11 heavy (non-hydrogen) atoms. The highest BCUT2D eigenvalue weighted by Crippen LogP contribution is 2.18. The summed E-state index contributed by atoms with van der Waals surface area (Å²) in [5, 5.41) is 12.3. The lowest BCUT2D eigenvalue weighted by atomic mass is 9.88. The maximum absolute atomic E-state index is 9.24. The van der Waals surface area contributed by atoms with E-state index in [9.17, 15) is 5.11 Å². The molecule has 2 atom stereocenters. The molecule has 0 aromatic rings. The number of hydrogen-bond donors (Lipinski definition) is 2. The van der Waals surface area contributed by atoms with Gasteiger partial charge in [-0.1, -0.05) is 27.7 Å². The van der Waals surface area contributed by atoms with Gasteiger partial charge in [0.15, 0.2) is 0 Å². The Morgan fingerprint density at radius 2 is 1.91 bits per heavy atom. The Kier molecular flexibility index (Phi) is 4.04. The average Bonchev–Trinajstić information content (AvgIpc) is 1.85. The van der Waals surface area contributed by atoms with Crippen LogP contribution in [0.15, 0.2) is 0 Å². The zero-order valence-electron chi connectivity index (χ0n) is 8.02. The summed E-state index contributed by atoms with van der Waals surface area (Å²) in [7, 11) is 0. The lowest BCUT2D eigenvalue weighted by Crippen LogP contribution is -2.43. The van der Waals surface area contributed by atoms with Crippen LogP contribution in [-0.2, 0) is 0 Å². The van der Waals surface area contributed by atoms with Crippen LogP contribution in [0.2, 0.25) is 0 Å². The summed E-state index contributed by atoms with van der Waals surface area (Å²) < 4.78 is 0. The van der Waals surface area contributed by atoms with Crippen LogP contribution in [-0.4, -0.2) is 17.4 Å². The average molecular weight is 158 g/mol. The predicted molar refractivity (Wildman–Crippen MR) is 48.0 cm³/mol. The summed E-state index contributed by atoms with van der Waals surface area (Å²) in [5.41, 5.74) is 0.107. The lowest BCUT2D eigenvalue weighted by molar-refractivity contribution is 0.103. The molecule has 0 aromatic carbocycles. The minimum Gasteiger partial charge on any atom is -0.379 e. The summed E-state index contributed by atoms with van der Waals surface area (Å²) >= 11 is 0. The van der Waals surface area contributed by atoms with Crippen molar-refractivity contribution in [3.05, 3.63) is 6.92 Å². The van der Waals surface area contributed by atoms with Crippen LogP contribution in [0.3, 0.4) is 0 Å². The highest BCUT2D eigenvalue weighted by atomic mass is 16.3. The van der Waals surface area contributed by atoms with Crippen molar-refractivity contribution in [2.45, 2.75) is 46.4 Å². The number of rotatable bonds is 3. The molecule has 0 rings (SSSR count). The van der Waals surface area contributed by atoms with Gasteiger partial charge in [0.05, 0.1) is 0 Å². The molecule has 2 N–H and O–H groups in total. The number of nitrogens with one attached hydrogen (secondary N) is 1. The summed E-state index contributed by atoms with van der Waals surface area (Å²) in [5.74, 6) is 0. The zero-order chi connectivity index (χ0) is 9.07. The normalized spacial score (nSPS) is 18.0. The van der Waals surface area contributed by atoms with E-state index < -0.39 is 6.23 Å². The molecule has 0 bridgehead atoms. The highest BCUT2D eigenvalue weighted by Gasteiger charge is 2.20. The first kappa shape index (κ1) is 10.9. The molecular formula is C9H20NO. The monoisotopic (exact) mass is 158 g/mol. The van der Waals surface area contributed by atoms with Crippen molar-refractivity contribution < 1.29 is 5.11 Å². The van der Waals surface area contributed by atoms with Gasteiger partial charge in [0.25, 0.3) is 0 Å². The van der Waals surface area contributed by atoms with E-state index in [0.717, 1.165) is 6.42 Å². The van der Waals surface area contributed by atoms with Gasteiger partial charge in [-0.15, -0.1) is 0 Å². The molecule has 0 aromatic heterocycles. The van der Waals surface area contributed by atoms with Gasteiger partial charge < -0.3 is 5.11 Å². The Balaban J connectivity index is 3.77. The molecule has 1 radical (unpaired) electrons. The maximum atomic E-state index is 9.24. The molecule has 0 spiro atoms. The molecule has 0 aliphatic carbocycles. The van der Waals surface area contributed by atoms with Crippen LogP contribution in [0, 0.1) is 12.3 Å². The van der Waals surface area contributed by atoms with Crippen LogP contribution < -0.4 is 5.32 Å². The molecule has 67 valence electrons. The van der Waals surface area contributed by atoms with Crippen LogP contribution in [0.4, 0.5) is 0 Å². The van der Waals surface area contributed by atoms with Crippen molar-refractivity contribution in [3.8, 4) is 0 Å². The quantitative estimate of drug-likeness (QED) is 0.611. The molecule has 0 fully saturated rings. The van der Waals surface area contributed by atoms with E-state index >= 15 is 0 Å². The Morgan fingerprint density at radius 1 is 1.45 bits per heavy atom. The smallest absolute Gasteiger partial charge is 0.104 e. The van der Waals surface area contributed by atoms with Crippen LogP contribution >= 0.6 is 0 Å². The molecule has 0 aliphatic heterocycles. The standard InChI is InChI=1S/C9H20NO/c1-6-8(11)10-7(2)9(3,4)5/h7-8,10-11H,2,6H2,1,3-5H3. The van der Waals surface area contributed by atoms with Gasteiger partial charge in [-0.3, -0.25) is 5.32 Å². The second-order valence-corrected chi connectivity index (χ2v) is 4.01. The van der Waals surface area contributed by atoms with E-state index in [0.29, 0.717) is 0 Å². The number of aliphatic hydroxyl groups is 1. The third-order valence-corrected chi connectivity index (χ3v) is 1.83. The fourth-order valence-corrected chi connectivity index (χ4v) is 0.600. The first-order valence-electron chi connectivity index (χ1n) is 4.15. The predicted octanol–water partition coefficient (Wildman–Crippen LogP) is 1.55. The second-order valence-electron chi connectivity index (χ2n) is 4.01. The van der Waals surface area contributed by atoms with Gasteiger partial charge >= 0.3 is 0 Å². The molecule has 2 unspecified atom stereocenters. The molecule has 0 amide bonds. The van der Waals surface area contributed by atoms with Crippen LogP contribution in [0.25, 0.3) is 0 Å². The minimum atomic E-state index is -0.420. The fraction of sp³-hybridized carbons (Fsp3) is 0.889. The van der Waals surface area contributed by atoms with E-state index in [1.54, 1.807) is 0 Å². The van der Waals surface area contributed by atoms with Crippen molar-refractivity contribution in [1.29, 1.82) is 0 Å². The van der Waals surface area contributed by atoms with Crippen molar-refractivity contribution in [3.63, 3.8) is 0 Å². The zero-order valence-corrected chi connectivity index (χ0v) is 8.02. The Labute approximate surface area is 70.0 Å². The van der Waals surface area contributed by atoms with E-state index in [1.807, 2.05) is 6.92 Å². The minimum absolute atomic E-state index is 0.0949. The molecule has 2 nitrogen and oxygen atoms in total. The van der Waals surface area contributed by atoms with Crippen molar-refractivity contribution in [2.75, 3.05) is 0 Å². The van der Waals surface area contributed by atoms with E-state index in [2.05, 4.69) is 33.0 Å². The SMILES string of the molecule is [CH2]C(NC(O)CC)C(C)(C)C. The molecule has 0 saturated carbocycles. The first-order valence-corrected chi connectivity index (χ1v) is 4.15. The van der Waals surface area contributed by atoms with Crippen LogP contribution in [0.1, 0.15) is 34.1 Å². The molecule has 0 heterocycles. The topological polar surface area (TPSA) is 32.3 Å². The summed E-state index contributed by atoms with van der Waals surface area (Å²) in [4.78, 5) is 0. The van der Waals surface area contributed by atoms with E-state index in [-0.39, 0.29) is 11.5 Å². The molecule has 0 saturated heterocycles. The Morgan fingerprint density at radius 3 is 2.18 bits per heavy atom. The second kappa shape index (κ2) is 4.07. The molecular weight excluding hydrogens is 138 g/mol. The third kappa shape index (κ3) is 4.38. The third-order valence-electron chi connectivity index (χ3n) is 1.83. The van der Waals surface area contributed by atoms with Gasteiger partial charge in [0.2, 0.25) is 0 Å². The molecule has 2 heteroatoms. The van der Waals surface area contributed by atoms with Gasteiger partial charge in [0.1, 0.15) is 6.23 Å². The van der Waals surface area contributed by atoms with Gasteiger partial charge in [-0.25, -0.2) is 0 Å². The number of hydrogen-bond acceptors (Lipinski definition) is 2. The van der Waals surface area contributed by atoms with Crippen molar-refractivity contribution >= 4 is 0 Å². The first-order chi connectivity index (χ1) is 4.88. The fourth-order valence-electron chi connectivity index (χ4n) is 0.600. The summed E-state index contributed by atoms with van der Waals surface area (Å²) in [6.45, 7) is 12.2. The Hall–Kier alpha value is -0.0800. The van der Waals surface area contributed by atoms with Crippen LogP contribution in [0.5, 0.6) is 0 Å². The number of aliphatic hydroxyl groups excluding tert-OH is 1. The van der Waals surface area contributed by atoms with Gasteiger partial charge in [-0.2, -0.15) is 0 Å². The largest absolute Gasteiger partial charge is 0.379 e. The summed E-state index contributed by atoms with van der Waals surface area (Å²) in [6.07, 6.45) is 0.305. The van der Waals surface area contributed by atoms with Gasteiger partial charge in [0, 0.05) is 6.04 Å². The Bertz CT molecular complexity index is 107. The van der Waals surface area contributed by atoms with E-state index in [4.69, 9.17) is 0 Å². The maximum Gasteiger partial charge on any atom is 0.104 e.